The van der Waals surface area contributed by atoms with Crippen molar-refractivity contribution in [3.05, 3.63) is 0 Å². The van der Waals surface area contributed by atoms with Crippen LogP contribution in [0.5, 0.6) is 0 Å². The standard InChI is InChI=1S/C17H33NO4/c1-3-5-7-8-9-10-11-12-14-22-16(19)15(13-6-4-2)18-17(20)21/h15,18H,3-14H2,1-2H3,(H,20,21). The summed E-state index contributed by atoms with van der Waals surface area (Å²) in [6.07, 6.45) is 10.6. The van der Waals surface area contributed by atoms with Crippen LogP contribution in [0.15, 0.2) is 0 Å². The summed E-state index contributed by atoms with van der Waals surface area (Å²) < 4.78 is 5.18. The number of amides is 1. The van der Waals surface area contributed by atoms with E-state index in [-0.39, 0.29) is 0 Å². The third kappa shape index (κ3) is 12.5. The molecule has 1 atom stereocenters. The number of carbonyl (C=O) groups is 2. The molecule has 0 aliphatic carbocycles. The van der Waals surface area contributed by atoms with Crippen LogP contribution in [-0.2, 0) is 9.53 Å². The van der Waals surface area contributed by atoms with Crippen molar-refractivity contribution in [1.29, 1.82) is 0 Å². The van der Waals surface area contributed by atoms with Gasteiger partial charge in [-0.05, 0) is 12.8 Å². The van der Waals surface area contributed by atoms with E-state index in [1.807, 2.05) is 6.92 Å². The lowest BCUT2D eigenvalue weighted by Crippen LogP contribution is -2.41. The van der Waals surface area contributed by atoms with Gasteiger partial charge in [0, 0.05) is 0 Å². The molecular formula is C17H33NO4. The highest BCUT2D eigenvalue weighted by Gasteiger charge is 2.21. The Bertz CT molecular complexity index is 294. The lowest BCUT2D eigenvalue weighted by atomic mass is 10.1. The monoisotopic (exact) mass is 315 g/mol. The molecule has 0 aromatic carbocycles. The SMILES string of the molecule is CCCCCCCCCCOC(=O)C(CCCC)NC(=O)O. The molecule has 0 spiro atoms. The van der Waals surface area contributed by atoms with Crippen molar-refractivity contribution < 1.29 is 19.4 Å². The quantitative estimate of drug-likeness (QED) is 0.365. The first kappa shape index (κ1) is 20.7. The van der Waals surface area contributed by atoms with E-state index in [2.05, 4.69) is 12.2 Å². The van der Waals surface area contributed by atoms with E-state index < -0.39 is 18.1 Å². The minimum absolute atomic E-state index is 0.387. The Balaban J connectivity index is 3.68. The molecule has 2 N–H and O–H groups in total. The number of hydrogen-bond acceptors (Lipinski definition) is 3. The van der Waals surface area contributed by atoms with Gasteiger partial charge in [0.2, 0.25) is 0 Å². The molecule has 22 heavy (non-hydrogen) atoms. The molecule has 5 nitrogen and oxygen atoms in total. The van der Waals surface area contributed by atoms with Gasteiger partial charge in [0.1, 0.15) is 6.04 Å². The number of unbranched alkanes of at least 4 members (excludes halogenated alkanes) is 8. The van der Waals surface area contributed by atoms with Crippen LogP contribution in [0.4, 0.5) is 4.79 Å². The van der Waals surface area contributed by atoms with Crippen LogP contribution in [0.2, 0.25) is 0 Å². The van der Waals surface area contributed by atoms with Gasteiger partial charge in [0.25, 0.3) is 0 Å². The molecule has 0 rings (SSSR count). The minimum Gasteiger partial charge on any atom is -0.465 e. The maximum atomic E-state index is 11.8. The number of esters is 1. The number of hydrogen-bond donors (Lipinski definition) is 2. The van der Waals surface area contributed by atoms with Gasteiger partial charge in [-0.2, -0.15) is 0 Å². The summed E-state index contributed by atoms with van der Waals surface area (Å²) in [7, 11) is 0. The Morgan fingerprint density at radius 1 is 0.909 bits per heavy atom. The number of carbonyl (C=O) groups excluding carboxylic acids is 1. The van der Waals surface area contributed by atoms with Crippen molar-refractivity contribution in [2.45, 2.75) is 90.5 Å². The van der Waals surface area contributed by atoms with Gasteiger partial charge < -0.3 is 15.2 Å². The topological polar surface area (TPSA) is 75.6 Å². The van der Waals surface area contributed by atoms with Gasteiger partial charge in [-0.1, -0.05) is 71.6 Å². The van der Waals surface area contributed by atoms with Crippen LogP contribution in [0.1, 0.15) is 84.5 Å². The Morgan fingerprint density at radius 2 is 1.45 bits per heavy atom. The molecule has 1 unspecified atom stereocenters. The molecule has 0 aromatic heterocycles. The van der Waals surface area contributed by atoms with Gasteiger partial charge in [-0.25, -0.2) is 9.59 Å². The normalized spacial score (nSPS) is 11.9. The minimum atomic E-state index is -1.18. The highest BCUT2D eigenvalue weighted by atomic mass is 16.5. The maximum absolute atomic E-state index is 11.8. The lowest BCUT2D eigenvalue weighted by molar-refractivity contribution is -0.146. The van der Waals surface area contributed by atoms with Crippen LogP contribution in [0.3, 0.4) is 0 Å². The number of rotatable bonds is 14. The fourth-order valence-electron chi connectivity index (χ4n) is 2.32. The predicted octanol–water partition coefficient (Wildman–Crippen LogP) is 4.50. The van der Waals surface area contributed by atoms with Crippen LogP contribution >= 0.6 is 0 Å². The Hall–Kier alpha value is -1.26. The second-order valence-electron chi connectivity index (χ2n) is 5.79. The first-order valence-electron chi connectivity index (χ1n) is 8.77. The summed E-state index contributed by atoms with van der Waals surface area (Å²) in [6, 6.07) is -0.730. The number of carboxylic acid groups (broad SMARTS) is 1. The average molecular weight is 315 g/mol. The molecule has 0 aliphatic heterocycles. The Kier molecular flexibility index (Phi) is 13.8. The molecule has 0 saturated carbocycles. The third-order valence-corrected chi connectivity index (χ3v) is 3.67. The number of ether oxygens (including phenoxy) is 1. The summed E-state index contributed by atoms with van der Waals surface area (Å²) in [4.78, 5) is 22.5. The highest BCUT2D eigenvalue weighted by Crippen LogP contribution is 2.09. The van der Waals surface area contributed by atoms with Gasteiger partial charge in [-0.15, -0.1) is 0 Å². The van der Waals surface area contributed by atoms with E-state index in [0.29, 0.717) is 13.0 Å². The second-order valence-corrected chi connectivity index (χ2v) is 5.79. The summed E-state index contributed by atoms with van der Waals surface area (Å²) in [5.74, 6) is -0.446. The summed E-state index contributed by atoms with van der Waals surface area (Å²) in [5, 5.41) is 11.0. The summed E-state index contributed by atoms with van der Waals surface area (Å²) in [5.41, 5.74) is 0. The van der Waals surface area contributed by atoms with E-state index >= 15 is 0 Å². The van der Waals surface area contributed by atoms with Gasteiger partial charge in [-0.3, -0.25) is 0 Å². The predicted molar refractivity (Wildman–Crippen MR) is 88.0 cm³/mol. The van der Waals surface area contributed by atoms with Crippen molar-refractivity contribution in [1.82, 2.24) is 5.32 Å². The van der Waals surface area contributed by atoms with E-state index in [1.165, 1.54) is 38.5 Å². The first-order valence-corrected chi connectivity index (χ1v) is 8.77. The molecule has 0 saturated heterocycles. The molecule has 0 bridgehead atoms. The van der Waals surface area contributed by atoms with Crippen molar-refractivity contribution in [2.75, 3.05) is 6.61 Å². The fourth-order valence-corrected chi connectivity index (χ4v) is 2.32. The van der Waals surface area contributed by atoms with Gasteiger partial charge in [0.05, 0.1) is 6.61 Å². The van der Waals surface area contributed by atoms with Gasteiger partial charge in [0.15, 0.2) is 0 Å². The van der Waals surface area contributed by atoms with Crippen LogP contribution in [0, 0.1) is 0 Å². The van der Waals surface area contributed by atoms with Crippen LogP contribution < -0.4 is 5.32 Å². The molecule has 0 radical (unpaired) electrons. The van der Waals surface area contributed by atoms with E-state index in [1.54, 1.807) is 0 Å². The van der Waals surface area contributed by atoms with Crippen molar-refractivity contribution >= 4 is 12.1 Å². The first-order chi connectivity index (χ1) is 10.6. The zero-order valence-corrected chi connectivity index (χ0v) is 14.2. The maximum Gasteiger partial charge on any atom is 0.405 e. The van der Waals surface area contributed by atoms with Crippen LogP contribution in [0.25, 0.3) is 0 Å². The van der Waals surface area contributed by atoms with E-state index in [0.717, 1.165) is 25.7 Å². The number of nitrogens with one attached hydrogen (secondary N) is 1. The molecule has 0 aliphatic rings. The van der Waals surface area contributed by atoms with E-state index in [4.69, 9.17) is 9.84 Å². The largest absolute Gasteiger partial charge is 0.465 e. The molecule has 1 amide bonds. The smallest absolute Gasteiger partial charge is 0.405 e. The summed E-state index contributed by atoms with van der Waals surface area (Å²) in [6.45, 7) is 4.60. The third-order valence-electron chi connectivity index (χ3n) is 3.67. The lowest BCUT2D eigenvalue weighted by Gasteiger charge is -2.15. The molecular weight excluding hydrogens is 282 g/mol. The molecule has 0 heterocycles. The average Bonchev–Trinajstić information content (AvgIpc) is 2.49. The fraction of sp³-hybridized carbons (Fsp3) is 0.882. The molecule has 0 aromatic rings. The van der Waals surface area contributed by atoms with Crippen molar-refractivity contribution in [3.63, 3.8) is 0 Å². The van der Waals surface area contributed by atoms with Crippen LogP contribution in [-0.4, -0.2) is 29.8 Å². The summed E-state index contributed by atoms with van der Waals surface area (Å²) >= 11 is 0. The molecule has 0 fully saturated rings. The Labute approximate surface area is 134 Å². The Morgan fingerprint density at radius 3 is 2.00 bits per heavy atom. The van der Waals surface area contributed by atoms with Crippen molar-refractivity contribution in [3.8, 4) is 0 Å². The zero-order valence-electron chi connectivity index (χ0n) is 14.2. The van der Waals surface area contributed by atoms with Crippen molar-refractivity contribution in [2.24, 2.45) is 0 Å². The highest BCUT2D eigenvalue weighted by molar-refractivity contribution is 5.80. The molecule has 5 heteroatoms. The second kappa shape index (κ2) is 14.7. The van der Waals surface area contributed by atoms with Gasteiger partial charge >= 0.3 is 12.1 Å². The van der Waals surface area contributed by atoms with E-state index in [9.17, 15) is 9.59 Å². The zero-order chi connectivity index (χ0) is 16.6. The molecule has 130 valence electrons.